The maximum Gasteiger partial charge on any atom is 0.416 e. The van der Waals surface area contributed by atoms with Gasteiger partial charge < -0.3 is 5.11 Å². The van der Waals surface area contributed by atoms with E-state index < -0.39 is 17.8 Å². The molecule has 0 aromatic heterocycles. The summed E-state index contributed by atoms with van der Waals surface area (Å²) in [7, 11) is 0. The van der Waals surface area contributed by atoms with Crippen LogP contribution in [0.3, 0.4) is 0 Å². The zero-order chi connectivity index (χ0) is 14.3. The van der Waals surface area contributed by atoms with Crippen LogP contribution in [0.2, 0.25) is 0 Å². The summed E-state index contributed by atoms with van der Waals surface area (Å²) < 4.78 is 38.2. The first kappa shape index (κ1) is 14.4. The van der Waals surface area contributed by atoms with E-state index in [1.165, 1.54) is 12.1 Å². The normalized spacial score (nSPS) is 26.0. The third kappa shape index (κ3) is 2.27. The molecular weight excluding hydrogens is 253 g/mol. The zero-order valence-electron chi connectivity index (χ0n) is 11.2. The Labute approximate surface area is 111 Å². The Bertz CT molecular complexity index is 449. The van der Waals surface area contributed by atoms with E-state index >= 15 is 0 Å². The van der Waals surface area contributed by atoms with Gasteiger partial charge in [0.05, 0.1) is 11.7 Å². The third-order valence-corrected chi connectivity index (χ3v) is 4.75. The highest BCUT2D eigenvalue weighted by Crippen LogP contribution is 2.57. The van der Waals surface area contributed by atoms with Crippen molar-refractivity contribution < 1.29 is 18.3 Å². The van der Waals surface area contributed by atoms with Crippen LogP contribution in [0.25, 0.3) is 0 Å². The van der Waals surface area contributed by atoms with Crippen molar-refractivity contribution in [2.24, 2.45) is 5.41 Å². The van der Waals surface area contributed by atoms with Crippen LogP contribution in [0.5, 0.6) is 0 Å². The quantitative estimate of drug-likeness (QED) is 0.866. The molecule has 0 saturated heterocycles. The SMILES string of the molecule is CCC1(CC)C(O)CC1c1cccc(C(F)(F)F)c1. The van der Waals surface area contributed by atoms with Crippen molar-refractivity contribution in [2.45, 2.75) is 51.3 Å². The van der Waals surface area contributed by atoms with Gasteiger partial charge in [-0.3, -0.25) is 0 Å². The Hall–Kier alpha value is -1.03. The molecule has 1 N–H and O–H groups in total. The Balaban J connectivity index is 2.33. The molecule has 1 aliphatic rings. The predicted molar refractivity (Wildman–Crippen MR) is 67.8 cm³/mol. The first-order chi connectivity index (χ1) is 8.85. The van der Waals surface area contributed by atoms with E-state index in [1.807, 2.05) is 13.8 Å². The van der Waals surface area contributed by atoms with Crippen LogP contribution in [0.1, 0.15) is 50.2 Å². The Morgan fingerprint density at radius 3 is 2.37 bits per heavy atom. The van der Waals surface area contributed by atoms with Crippen molar-refractivity contribution in [3.8, 4) is 0 Å². The molecule has 2 unspecified atom stereocenters. The summed E-state index contributed by atoms with van der Waals surface area (Å²) in [5, 5.41) is 10.00. The highest BCUT2D eigenvalue weighted by Gasteiger charge is 2.52. The molecule has 0 bridgehead atoms. The van der Waals surface area contributed by atoms with Crippen LogP contribution in [-0.2, 0) is 6.18 Å². The molecule has 1 saturated carbocycles. The fraction of sp³-hybridized carbons (Fsp3) is 0.600. The van der Waals surface area contributed by atoms with Gasteiger partial charge in [0.2, 0.25) is 0 Å². The number of hydrogen-bond acceptors (Lipinski definition) is 1. The maximum absolute atomic E-state index is 12.7. The van der Waals surface area contributed by atoms with Gasteiger partial charge in [-0.1, -0.05) is 32.0 Å². The lowest BCUT2D eigenvalue weighted by molar-refractivity contribution is -0.137. The molecule has 2 atom stereocenters. The largest absolute Gasteiger partial charge is 0.416 e. The van der Waals surface area contributed by atoms with Crippen molar-refractivity contribution in [3.05, 3.63) is 35.4 Å². The standard InChI is InChI=1S/C15H19F3O/c1-3-14(4-2)12(9-13(14)19)10-6-5-7-11(8-10)15(16,17)18/h5-8,12-13,19H,3-4,9H2,1-2H3. The highest BCUT2D eigenvalue weighted by molar-refractivity contribution is 5.32. The van der Waals surface area contributed by atoms with E-state index in [-0.39, 0.29) is 11.3 Å². The van der Waals surface area contributed by atoms with E-state index in [0.717, 1.165) is 18.9 Å². The highest BCUT2D eigenvalue weighted by atomic mass is 19.4. The van der Waals surface area contributed by atoms with Gasteiger partial charge in [0.25, 0.3) is 0 Å². The molecule has 0 spiro atoms. The average Bonchev–Trinajstić information content (AvgIpc) is 2.37. The predicted octanol–water partition coefficient (Wildman–Crippen LogP) is 4.36. The first-order valence-electron chi connectivity index (χ1n) is 6.70. The summed E-state index contributed by atoms with van der Waals surface area (Å²) in [6.07, 6.45) is -2.58. The summed E-state index contributed by atoms with van der Waals surface area (Å²) in [6, 6.07) is 5.53. The van der Waals surface area contributed by atoms with Crippen molar-refractivity contribution in [1.82, 2.24) is 0 Å². The van der Waals surface area contributed by atoms with Gasteiger partial charge >= 0.3 is 6.18 Å². The number of halogens is 3. The van der Waals surface area contributed by atoms with E-state index in [4.69, 9.17) is 0 Å². The Kier molecular flexibility index (Phi) is 3.65. The number of aliphatic hydroxyl groups is 1. The molecule has 1 aromatic rings. The van der Waals surface area contributed by atoms with Gasteiger partial charge in [-0.15, -0.1) is 0 Å². The molecular formula is C15H19F3O. The fourth-order valence-electron chi connectivity index (χ4n) is 3.38. The Morgan fingerprint density at radius 2 is 1.89 bits per heavy atom. The van der Waals surface area contributed by atoms with Gasteiger partial charge in [-0.2, -0.15) is 13.2 Å². The molecule has 0 aliphatic heterocycles. The molecule has 1 aliphatic carbocycles. The van der Waals surface area contributed by atoms with E-state index in [0.29, 0.717) is 12.0 Å². The number of aliphatic hydroxyl groups excluding tert-OH is 1. The summed E-state index contributed by atoms with van der Waals surface area (Å²) in [5.41, 5.74) is -0.166. The minimum Gasteiger partial charge on any atom is -0.393 e. The second-order valence-electron chi connectivity index (χ2n) is 5.37. The number of rotatable bonds is 3. The van der Waals surface area contributed by atoms with Crippen LogP contribution in [-0.4, -0.2) is 11.2 Å². The van der Waals surface area contributed by atoms with E-state index in [1.54, 1.807) is 6.07 Å². The zero-order valence-corrected chi connectivity index (χ0v) is 11.2. The van der Waals surface area contributed by atoms with Crippen LogP contribution < -0.4 is 0 Å². The van der Waals surface area contributed by atoms with Gasteiger partial charge in [0, 0.05) is 5.41 Å². The molecule has 0 heterocycles. The molecule has 4 heteroatoms. The van der Waals surface area contributed by atoms with Crippen LogP contribution >= 0.6 is 0 Å². The number of benzene rings is 1. The monoisotopic (exact) mass is 272 g/mol. The molecule has 1 fully saturated rings. The van der Waals surface area contributed by atoms with Gasteiger partial charge in [0.15, 0.2) is 0 Å². The molecule has 19 heavy (non-hydrogen) atoms. The van der Waals surface area contributed by atoms with Crippen LogP contribution in [0, 0.1) is 5.41 Å². The lowest BCUT2D eigenvalue weighted by Crippen LogP contribution is -2.50. The molecule has 0 amide bonds. The smallest absolute Gasteiger partial charge is 0.393 e. The van der Waals surface area contributed by atoms with Crippen molar-refractivity contribution in [2.75, 3.05) is 0 Å². The van der Waals surface area contributed by atoms with Crippen molar-refractivity contribution in [3.63, 3.8) is 0 Å². The first-order valence-corrected chi connectivity index (χ1v) is 6.70. The third-order valence-electron chi connectivity index (χ3n) is 4.75. The van der Waals surface area contributed by atoms with Gasteiger partial charge in [-0.05, 0) is 36.8 Å². The molecule has 2 rings (SSSR count). The molecule has 1 aromatic carbocycles. The summed E-state index contributed by atoms with van der Waals surface area (Å²) in [6.45, 7) is 3.99. The van der Waals surface area contributed by atoms with E-state index in [9.17, 15) is 18.3 Å². The second kappa shape index (κ2) is 4.82. The fourth-order valence-corrected chi connectivity index (χ4v) is 3.38. The second-order valence-corrected chi connectivity index (χ2v) is 5.37. The Morgan fingerprint density at radius 1 is 1.26 bits per heavy atom. The minimum absolute atomic E-state index is 0.0276. The molecule has 1 nitrogen and oxygen atoms in total. The molecule has 106 valence electrons. The van der Waals surface area contributed by atoms with Crippen LogP contribution in [0.15, 0.2) is 24.3 Å². The lowest BCUT2D eigenvalue weighted by Gasteiger charge is -2.54. The average molecular weight is 272 g/mol. The lowest BCUT2D eigenvalue weighted by atomic mass is 9.53. The number of hydrogen-bond donors (Lipinski definition) is 1. The van der Waals surface area contributed by atoms with Crippen molar-refractivity contribution >= 4 is 0 Å². The van der Waals surface area contributed by atoms with Crippen molar-refractivity contribution in [1.29, 1.82) is 0 Å². The number of alkyl halides is 3. The summed E-state index contributed by atoms with van der Waals surface area (Å²) >= 11 is 0. The van der Waals surface area contributed by atoms with Crippen LogP contribution in [0.4, 0.5) is 13.2 Å². The summed E-state index contributed by atoms with van der Waals surface area (Å²) in [5.74, 6) is 0.0276. The van der Waals surface area contributed by atoms with E-state index in [2.05, 4.69) is 0 Å². The maximum atomic E-state index is 12.7. The topological polar surface area (TPSA) is 20.2 Å². The van der Waals surface area contributed by atoms with Gasteiger partial charge in [-0.25, -0.2) is 0 Å². The minimum atomic E-state index is -4.31. The van der Waals surface area contributed by atoms with Gasteiger partial charge in [0.1, 0.15) is 0 Å². The summed E-state index contributed by atoms with van der Waals surface area (Å²) in [4.78, 5) is 0. The molecule has 0 radical (unpaired) electrons.